The molecule has 7 nitrogen and oxygen atoms in total. The second-order valence-electron chi connectivity index (χ2n) is 6.81. The van der Waals surface area contributed by atoms with Crippen molar-refractivity contribution in [2.75, 3.05) is 5.75 Å². The van der Waals surface area contributed by atoms with E-state index in [4.69, 9.17) is 4.52 Å². The van der Waals surface area contributed by atoms with E-state index in [-0.39, 0.29) is 11.4 Å². The number of aromatic nitrogens is 6. The Morgan fingerprint density at radius 1 is 1.06 bits per heavy atom. The number of hydrogen-bond acceptors (Lipinski definition) is 6. The minimum absolute atomic E-state index is 0.146. The molecule has 0 atom stereocenters. The van der Waals surface area contributed by atoms with E-state index in [1.54, 1.807) is 11.8 Å². The largest absolute Gasteiger partial charge is 0.416 e. The van der Waals surface area contributed by atoms with Crippen molar-refractivity contribution in [3.05, 3.63) is 60.0 Å². The normalized spacial score (nSPS) is 12.2. The Morgan fingerprint density at radius 2 is 1.94 bits per heavy atom. The van der Waals surface area contributed by atoms with Crippen LogP contribution in [0.4, 0.5) is 13.2 Å². The van der Waals surface area contributed by atoms with Crippen LogP contribution >= 0.6 is 11.8 Å². The first kappa shape index (κ1) is 19.6. The lowest BCUT2D eigenvalue weighted by Gasteiger charge is -2.06. The van der Waals surface area contributed by atoms with E-state index in [0.717, 1.165) is 40.5 Å². The van der Waals surface area contributed by atoms with Crippen LogP contribution < -0.4 is 0 Å². The number of H-pyrrole nitrogens is 1. The highest BCUT2D eigenvalue weighted by molar-refractivity contribution is 7.99. The summed E-state index contributed by atoms with van der Waals surface area (Å²) in [5.41, 5.74) is 1.40. The van der Waals surface area contributed by atoms with Gasteiger partial charge in [0.25, 0.3) is 0 Å². The standard InChI is InChI=1S/C20H15F3N6OS/c21-20(22,23)13-6-3-5-12(11-13)17-25-16(30-28-17)9-4-10-31-19-27-26-18-24-14-7-1-2-8-15(14)29(18)19/h1-3,5-8,11H,4,9-10H2,(H,24,26). The van der Waals surface area contributed by atoms with E-state index in [0.29, 0.717) is 18.1 Å². The third-order valence-electron chi connectivity index (χ3n) is 4.69. The second-order valence-corrected chi connectivity index (χ2v) is 7.87. The summed E-state index contributed by atoms with van der Waals surface area (Å²) in [6.45, 7) is 0. The molecule has 5 rings (SSSR count). The maximum Gasteiger partial charge on any atom is 0.416 e. The van der Waals surface area contributed by atoms with Gasteiger partial charge in [-0.05, 0) is 30.7 Å². The smallest absolute Gasteiger partial charge is 0.339 e. The maximum atomic E-state index is 12.9. The highest BCUT2D eigenvalue weighted by Gasteiger charge is 2.30. The van der Waals surface area contributed by atoms with Crippen LogP contribution in [-0.2, 0) is 12.6 Å². The Bertz CT molecular complexity index is 1360. The number of hydrogen-bond donors (Lipinski definition) is 1. The first-order valence-corrected chi connectivity index (χ1v) is 10.4. The molecule has 0 bridgehead atoms. The summed E-state index contributed by atoms with van der Waals surface area (Å²) in [6.07, 6.45) is -3.18. The molecule has 5 aromatic rings. The lowest BCUT2D eigenvalue weighted by atomic mass is 10.1. The van der Waals surface area contributed by atoms with E-state index in [1.165, 1.54) is 12.1 Å². The lowest BCUT2D eigenvalue weighted by Crippen LogP contribution is -2.04. The van der Waals surface area contributed by atoms with Crippen LogP contribution in [0, 0.1) is 0 Å². The zero-order chi connectivity index (χ0) is 21.4. The molecule has 158 valence electrons. The van der Waals surface area contributed by atoms with Crippen molar-refractivity contribution in [2.24, 2.45) is 0 Å². The summed E-state index contributed by atoms with van der Waals surface area (Å²) < 4.78 is 45.9. The van der Waals surface area contributed by atoms with Gasteiger partial charge in [-0.3, -0.25) is 4.40 Å². The molecule has 0 fully saturated rings. The van der Waals surface area contributed by atoms with Crippen molar-refractivity contribution >= 4 is 28.6 Å². The van der Waals surface area contributed by atoms with Gasteiger partial charge in [0.1, 0.15) is 0 Å². The number of nitrogens with one attached hydrogen (secondary N) is 1. The number of imidazole rings is 1. The van der Waals surface area contributed by atoms with Crippen LogP contribution in [0.15, 0.2) is 58.2 Å². The first-order chi connectivity index (χ1) is 15.0. The number of para-hydroxylation sites is 2. The van der Waals surface area contributed by atoms with Gasteiger partial charge < -0.3 is 4.52 Å². The molecule has 11 heteroatoms. The van der Waals surface area contributed by atoms with Gasteiger partial charge in [0, 0.05) is 17.7 Å². The molecule has 0 aliphatic carbocycles. The maximum absolute atomic E-state index is 12.9. The van der Waals surface area contributed by atoms with Crippen molar-refractivity contribution < 1.29 is 17.7 Å². The third kappa shape index (κ3) is 3.88. The Kier molecular flexibility index (Phi) is 4.89. The predicted octanol–water partition coefficient (Wildman–Crippen LogP) is 5.00. The number of halogens is 3. The molecule has 3 aromatic heterocycles. The number of aryl methyl sites for hydroxylation is 1. The molecule has 3 heterocycles. The fraction of sp³-hybridized carbons (Fsp3) is 0.200. The number of aromatic amines is 1. The van der Waals surface area contributed by atoms with Crippen LogP contribution in [0.2, 0.25) is 0 Å². The van der Waals surface area contributed by atoms with Crippen molar-refractivity contribution in [3.8, 4) is 11.4 Å². The van der Waals surface area contributed by atoms with Gasteiger partial charge in [0.15, 0.2) is 5.16 Å². The van der Waals surface area contributed by atoms with Crippen LogP contribution in [0.5, 0.6) is 0 Å². The van der Waals surface area contributed by atoms with E-state index < -0.39 is 11.7 Å². The highest BCUT2D eigenvalue weighted by atomic mass is 32.2. The predicted molar refractivity (Wildman–Crippen MR) is 109 cm³/mol. The minimum atomic E-state index is -4.42. The van der Waals surface area contributed by atoms with Crippen LogP contribution in [0.3, 0.4) is 0 Å². The van der Waals surface area contributed by atoms with Gasteiger partial charge in [-0.2, -0.15) is 18.2 Å². The number of nitrogens with zero attached hydrogens (tertiary/aromatic N) is 5. The van der Waals surface area contributed by atoms with Crippen molar-refractivity contribution in [2.45, 2.75) is 24.2 Å². The molecule has 1 N–H and O–H groups in total. The summed E-state index contributed by atoms with van der Waals surface area (Å²) >= 11 is 1.57. The summed E-state index contributed by atoms with van der Waals surface area (Å²) in [5.74, 6) is 1.96. The van der Waals surface area contributed by atoms with Crippen molar-refractivity contribution in [1.29, 1.82) is 0 Å². The third-order valence-corrected chi connectivity index (χ3v) is 5.71. The number of fused-ring (bicyclic) bond motifs is 3. The molecule has 0 saturated heterocycles. The summed E-state index contributed by atoms with van der Waals surface area (Å²) in [4.78, 5) is 8.72. The highest BCUT2D eigenvalue weighted by Crippen LogP contribution is 2.31. The molecule has 0 aliphatic heterocycles. The molecule has 0 unspecified atom stereocenters. The van der Waals surface area contributed by atoms with E-state index >= 15 is 0 Å². The molecule has 31 heavy (non-hydrogen) atoms. The van der Waals surface area contributed by atoms with E-state index in [9.17, 15) is 13.2 Å². The van der Waals surface area contributed by atoms with Gasteiger partial charge in [-0.15, -0.1) is 5.10 Å². The average Bonchev–Trinajstić information content (AvgIpc) is 3.46. The number of benzene rings is 2. The molecule has 0 saturated carbocycles. The second kappa shape index (κ2) is 7.73. The molecule has 2 aromatic carbocycles. The Morgan fingerprint density at radius 3 is 2.81 bits per heavy atom. The fourth-order valence-corrected chi connectivity index (χ4v) is 4.13. The quantitative estimate of drug-likeness (QED) is 0.293. The number of rotatable bonds is 6. The molecule has 0 amide bonds. The Hall–Kier alpha value is -3.34. The van der Waals surface area contributed by atoms with Gasteiger partial charge in [-0.25, -0.2) is 10.1 Å². The van der Waals surface area contributed by atoms with Crippen molar-refractivity contribution in [1.82, 2.24) is 29.7 Å². The SMILES string of the molecule is FC(F)(F)c1cccc(-c2noc(CCCSc3n[nH]c4nc5ccccc5n34)n2)c1. The van der Waals surface area contributed by atoms with Gasteiger partial charge in [0.05, 0.1) is 16.6 Å². The summed E-state index contributed by atoms with van der Waals surface area (Å²) in [7, 11) is 0. The van der Waals surface area contributed by atoms with Gasteiger partial charge >= 0.3 is 6.18 Å². The summed E-state index contributed by atoms with van der Waals surface area (Å²) in [6, 6.07) is 12.7. The average molecular weight is 444 g/mol. The molecular formula is C20H15F3N6OS. The fourth-order valence-electron chi connectivity index (χ4n) is 3.23. The van der Waals surface area contributed by atoms with Crippen molar-refractivity contribution in [3.63, 3.8) is 0 Å². The van der Waals surface area contributed by atoms with Crippen LogP contribution in [0.25, 0.3) is 28.2 Å². The first-order valence-electron chi connectivity index (χ1n) is 9.43. The molecule has 0 spiro atoms. The summed E-state index contributed by atoms with van der Waals surface area (Å²) in [5, 5.41) is 11.9. The van der Waals surface area contributed by atoms with E-state index in [2.05, 4.69) is 25.3 Å². The van der Waals surface area contributed by atoms with Crippen LogP contribution in [0.1, 0.15) is 17.9 Å². The topological polar surface area (TPSA) is 84.9 Å². The number of alkyl halides is 3. The monoisotopic (exact) mass is 444 g/mol. The van der Waals surface area contributed by atoms with Gasteiger partial charge in [-0.1, -0.05) is 41.2 Å². The zero-order valence-corrected chi connectivity index (χ0v) is 16.7. The molecule has 0 aliphatic rings. The van der Waals surface area contributed by atoms with Gasteiger partial charge in [0.2, 0.25) is 17.5 Å². The van der Waals surface area contributed by atoms with Crippen LogP contribution in [-0.4, -0.2) is 35.5 Å². The number of thioether (sulfide) groups is 1. The molecule has 0 radical (unpaired) electrons. The Balaban J connectivity index is 1.22. The minimum Gasteiger partial charge on any atom is -0.339 e. The zero-order valence-electron chi connectivity index (χ0n) is 15.9. The Labute approximate surface area is 177 Å². The lowest BCUT2D eigenvalue weighted by molar-refractivity contribution is -0.137. The molecular weight excluding hydrogens is 429 g/mol. The van der Waals surface area contributed by atoms with E-state index in [1.807, 2.05) is 28.7 Å².